The van der Waals surface area contributed by atoms with E-state index in [2.05, 4.69) is 5.32 Å². The fourth-order valence-corrected chi connectivity index (χ4v) is 9.44. The monoisotopic (exact) mass is 967 g/mol. The Morgan fingerprint density at radius 2 is 1.20 bits per heavy atom. The summed E-state index contributed by atoms with van der Waals surface area (Å²) in [4.78, 5) is 101. The lowest BCUT2D eigenvalue weighted by Crippen LogP contribution is -2.52. The number of hydrogen-bond donors (Lipinski definition) is 2. The van der Waals surface area contributed by atoms with Crippen LogP contribution in [0.4, 0.5) is 4.79 Å². The number of carbonyl (C=O) groups is 5. The lowest BCUT2D eigenvalue weighted by Gasteiger charge is -2.36. The first kappa shape index (κ1) is 48.3. The molecule has 6 aromatic rings. The van der Waals surface area contributed by atoms with Gasteiger partial charge in [0, 0.05) is 33.0 Å². The Bertz CT molecular complexity index is 3350. The number of cyclic esters (lactones) is 2. The van der Waals surface area contributed by atoms with Crippen molar-refractivity contribution in [2.45, 2.75) is 129 Å². The molecule has 0 unspecified atom stereocenters. The average Bonchev–Trinajstić information content (AvgIpc) is 3.86. The summed E-state index contributed by atoms with van der Waals surface area (Å²) in [5, 5.41) is 15.1. The predicted octanol–water partition coefficient (Wildman–Crippen LogP) is 6.34. The van der Waals surface area contributed by atoms with E-state index >= 15 is 0 Å². The van der Waals surface area contributed by atoms with Crippen molar-refractivity contribution >= 4 is 51.8 Å². The molecular formula is C53H53N5O13. The Balaban J connectivity index is 0.000000202. The van der Waals surface area contributed by atoms with Crippen LogP contribution in [0.2, 0.25) is 0 Å². The highest BCUT2D eigenvalue weighted by Gasteiger charge is 2.52. The van der Waals surface area contributed by atoms with Crippen LogP contribution in [-0.4, -0.2) is 71.4 Å². The number of fused-ring (bicyclic) bond motifs is 10. The van der Waals surface area contributed by atoms with Gasteiger partial charge in [-0.25, -0.2) is 29.1 Å². The zero-order valence-electron chi connectivity index (χ0n) is 40.6. The van der Waals surface area contributed by atoms with Crippen molar-refractivity contribution in [3.05, 3.63) is 127 Å². The van der Waals surface area contributed by atoms with E-state index in [1.165, 1.54) is 0 Å². The van der Waals surface area contributed by atoms with Gasteiger partial charge in [-0.05, 0) is 90.8 Å². The van der Waals surface area contributed by atoms with Crippen LogP contribution in [-0.2, 0) is 80.4 Å². The number of benzene rings is 2. The van der Waals surface area contributed by atoms with E-state index in [-0.39, 0.29) is 49.3 Å². The topological polar surface area (TPSA) is 234 Å². The molecule has 0 fully saturated rings. The first-order valence-corrected chi connectivity index (χ1v) is 23.4. The van der Waals surface area contributed by atoms with Gasteiger partial charge in [0.1, 0.15) is 30.5 Å². The molecule has 71 heavy (non-hydrogen) atoms. The minimum absolute atomic E-state index is 0.100. The largest absolute Gasteiger partial charge is 0.460 e. The summed E-state index contributed by atoms with van der Waals surface area (Å²) >= 11 is 0. The number of hydrogen-bond acceptors (Lipinski definition) is 15. The van der Waals surface area contributed by atoms with Crippen molar-refractivity contribution in [2.75, 3.05) is 0 Å². The smallest absolute Gasteiger partial charge is 0.408 e. The molecular weight excluding hydrogens is 915 g/mol. The van der Waals surface area contributed by atoms with Gasteiger partial charge >= 0.3 is 30.0 Å². The number of amides is 1. The number of aromatic nitrogens is 4. The van der Waals surface area contributed by atoms with Crippen molar-refractivity contribution in [3.63, 3.8) is 0 Å². The molecule has 368 valence electrons. The van der Waals surface area contributed by atoms with Crippen LogP contribution in [0.3, 0.4) is 0 Å². The first-order chi connectivity index (χ1) is 33.5. The fourth-order valence-electron chi connectivity index (χ4n) is 9.44. The highest BCUT2D eigenvalue weighted by Crippen LogP contribution is 2.42. The lowest BCUT2D eigenvalue weighted by molar-refractivity contribution is -0.191. The zero-order valence-corrected chi connectivity index (χ0v) is 40.6. The van der Waals surface area contributed by atoms with E-state index in [1.807, 2.05) is 60.7 Å². The molecule has 0 spiro atoms. The summed E-state index contributed by atoms with van der Waals surface area (Å²) in [6.45, 7) is 13.5. The van der Waals surface area contributed by atoms with Gasteiger partial charge in [0.15, 0.2) is 5.60 Å². The van der Waals surface area contributed by atoms with Gasteiger partial charge in [0.05, 0.1) is 64.4 Å². The van der Waals surface area contributed by atoms with E-state index in [0.717, 1.165) is 38.6 Å². The highest BCUT2D eigenvalue weighted by atomic mass is 16.6. The summed E-state index contributed by atoms with van der Waals surface area (Å²) in [6, 6.07) is 21.2. The van der Waals surface area contributed by atoms with Gasteiger partial charge in [-0.15, -0.1) is 0 Å². The number of alkyl carbamates (subject to hydrolysis) is 1. The molecule has 0 saturated carbocycles. The number of ether oxygens (including phenoxy) is 5. The van der Waals surface area contributed by atoms with Gasteiger partial charge in [0.2, 0.25) is 5.60 Å². The number of aliphatic hydroxyl groups is 1. The standard InChI is InChI=1S/C33H37N3O9.C20H16N2O4/c1-8-33(44-28(39)23(15-25(37)43-31(2,3)4)35-30(41)45-32(5,6)7)21-14-24-26-19(13-18-11-9-10-12-22(18)34-26)16-36(24)27(38)20(21)17-42-29(33)40;1-2-20(25)14-8-16-17-12(7-11-5-3-4-6-15(11)21-17)9-22(16)18(23)13(14)10-26-19(20)24/h9-14,23H,8,15-17H2,1-7H3,(H,35,41);3-8,25H,2,9-10H2,1H3/t23-,33+;20-/m10/s1. The first-order valence-electron chi connectivity index (χ1n) is 23.4. The van der Waals surface area contributed by atoms with Crippen LogP contribution in [0.1, 0.15) is 108 Å². The third kappa shape index (κ3) is 8.70. The normalized spacial score (nSPS) is 18.8. The summed E-state index contributed by atoms with van der Waals surface area (Å²) in [7, 11) is 0. The maximum Gasteiger partial charge on any atom is 0.408 e. The number of pyridine rings is 4. The molecule has 0 aliphatic carbocycles. The molecule has 4 aliphatic heterocycles. The highest BCUT2D eigenvalue weighted by molar-refractivity contribution is 5.92. The molecule has 8 heterocycles. The third-order valence-electron chi connectivity index (χ3n) is 12.8. The van der Waals surface area contributed by atoms with Gasteiger partial charge in [-0.2, -0.15) is 0 Å². The second kappa shape index (κ2) is 17.6. The molecule has 0 radical (unpaired) electrons. The fraction of sp³-hybridized carbons (Fsp3) is 0.377. The summed E-state index contributed by atoms with van der Waals surface area (Å²) in [6.07, 6.45) is -1.54. The Hall–Kier alpha value is -7.73. The maximum absolute atomic E-state index is 13.8. The average molecular weight is 968 g/mol. The summed E-state index contributed by atoms with van der Waals surface area (Å²) in [5.74, 6) is -3.48. The predicted molar refractivity (Wildman–Crippen MR) is 257 cm³/mol. The molecule has 2 aromatic carbocycles. The summed E-state index contributed by atoms with van der Waals surface area (Å²) in [5.41, 5.74) is 0.554. The molecule has 10 rings (SSSR count). The van der Waals surface area contributed by atoms with Crippen LogP contribution in [0, 0.1) is 0 Å². The number of carbonyl (C=O) groups excluding carboxylic acids is 5. The maximum atomic E-state index is 13.8. The van der Waals surface area contributed by atoms with E-state index in [4.69, 9.17) is 33.7 Å². The molecule has 4 aromatic heterocycles. The van der Waals surface area contributed by atoms with E-state index in [0.29, 0.717) is 34.8 Å². The Kier molecular flexibility index (Phi) is 12.0. The number of nitrogens with one attached hydrogen (secondary N) is 1. The van der Waals surface area contributed by atoms with Crippen LogP contribution in [0.25, 0.3) is 44.6 Å². The van der Waals surface area contributed by atoms with E-state index in [9.17, 15) is 38.7 Å². The Morgan fingerprint density at radius 1 is 0.704 bits per heavy atom. The molecule has 18 nitrogen and oxygen atoms in total. The van der Waals surface area contributed by atoms with Crippen LogP contribution >= 0.6 is 0 Å². The Labute approximate surface area is 406 Å². The van der Waals surface area contributed by atoms with Crippen LogP contribution in [0.15, 0.2) is 82.4 Å². The van der Waals surface area contributed by atoms with Gasteiger partial charge < -0.3 is 43.2 Å². The minimum Gasteiger partial charge on any atom is -0.460 e. The Morgan fingerprint density at radius 3 is 1.70 bits per heavy atom. The molecule has 0 saturated heterocycles. The molecule has 1 amide bonds. The number of para-hydroxylation sites is 2. The van der Waals surface area contributed by atoms with Crippen molar-refractivity contribution < 1.29 is 52.8 Å². The second-order valence-electron chi connectivity index (χ2n) is 20.0. The van der Waals surface area contributed by atoms with Crippen molar-refractivity contribution in [2.24, 2.45) is 0 Å². The van der Waals surface area contributed by atoms with Gasteiger partial charge in [-0.1, -0.05) is 50.2 Å². The van der Waals surface area contributed by atoms with Crippen molar-refractivity contribution in [1.29, 1.82) is 0 Å². The SMILES string of the molecule is CC[C@@]1(O)C(=O)OCc2c1cc1n(c2=O)Cc2cc3ccccc3nc2-1.CC[C@@]1(OC(=O)[C@@H](CC(=O)OC(C)(C)C)NC(=O)OC(C)(C)C)C(=O)OCc2c1cc1n(c2=O)Cc2cc3ccccc3nc2-1. The summed E-state index contributed by atoms with van der Waals surface area (Å²) < 4.78 is 30.3. The zero-order chi connectivity index (χ0) is 50.9. The van der Waals surface area contributed by atoms with E-state index in [1.54, 1.807) is 76.7 Å². The minimum atomic E-state index is -2.04. The quantitative estimate of drug-likeness (QED) is 0.131. The molecule has 4 aliphatic rings. The number of nitrogens with zero attached hydrogens (tertiary/aromatic N) is 4. The second-order valence-corrected chi connectivity index (χ2v) is 20.0. The molecule has 3 atom stereocenters. The lowest BCUT2D eigenvalue weighted by atomic mass is 9.85. The van der Waals surface area contributed by atoms with Gasteiger partial charge in [0.25, 0.3) is 11.1 Å². The van der Waals surface area contributed by atoms with Crippen molar-refractivity contribution in [3.8, 4) is 22.8 Å². The molecule has 0 bridgehead atoms. The van der Waals surface area contributed by atoms with Gasteiger partial charge in [-0.3, -0.25) is 14.4 Å². The van der Waals surface area contributed by atoms with Crippen molar-refractivity contribution in [1.82, 2.24) is 24.4 Å². The number of rotatable bonds is 7. The third-order valence-corrected chi connectivity index (χ3v) is 12.8. The number of esters is 4. The molecule has 18 heteroatoms. The molecule has 2 N–H and O–H groups in total. The van der Waals surface area contributed by atoms with E-state index < -0.39 is 70.4 Å². The van der Waals surface area contributed by atoms with Crippen LogP contribution < -0.4 is 16.4 Å². The van der Waals surface area contributed by atoms with Crippen LogP contribution in [0.5, 0.6) is 0 Å².